The minimum absolute atomic E-state index is 0. The fourth-order valence-corrected chi connectivity index (χ4v) is 4.66. The van der Waals surface area contributed by atoms with Gasteiger partial charge in [0.2, 0.25) is 5.91 Å². The molecule has 2 unspecified atom stereocenters. The molecule has 2 saturated carbocycles. The van der Waals surface area contributed by atoms with Gasteiger partial charge in [0.1, 0.15) is 5.54 Å². The van der Waals surface area contributed by atoms with Crippen LogP contribution in [0.3, 0.4) is 0 Å². The monoisotopic (exact) mass is 384 g/mol. The third-order valence-corrected chi connectivity index (χ3v) is 7.18. The Hall–Kier alpha value is -0.750. The van der Waals surface area contributed by atoms with Gasteiger partial charge >= 0.3 is 0 Å². The summed E-state index contributed by atoms with van der Waals surface area (Å²) >= 11 is 1.86. The average Bonchev–Trinajstić information content (AvgIpc) is 3.33. The fraction of sp³-hybridized carbons (Fsp3) is 0.632. The van der Waals surface area contributed by atoms with Gasteiger partial charge in [-0.05, 0) is 31.9 Å². The summed E-state index contributed by atoms with van der Waals surface area (Å²) in [4.78, 5) is 14.0. The maximum Gasteiger partial charge on any atom is 0.240 e. The fourth-order valence-electron chi connectivity index (χ4n) is 3.41. The van der Waals surface area contributed by atoms with Crippen molar-refractivity contribution in [1.82, 2.24) is 5.32 Å². The first-order valence-corrected chi connectivity index (χ1v) is 9.57. The van der Waals surface area contributed by atoms with E-state index >= 15 is 0 Å². The summed E-state index contributed by atoms with van der Waals surface area (Å²) in [6.07, 6.45) is 2.93. The van der Waals surface area contributed by atoms with Gasteiger partial charge in [-0.1, -0.05) is 32.0 Å². The second-order valence-electron chi connectivity index (χ2n) is 7.62. The van der Waals surface area contributed by atoms with E-state index in [1.165, 1.54) is 4.90 Å². The zero-order chi connectivity index (χ0) is 17.4. The first-order chi connectivity index (χ1) is 11.3. The van der Waals surface area contributed by atoms with Crippen LogP contribution in [0, 0.1) is 5.41 Å². The molecule has 140 valence electrons. The zero-order valence-corrected chi connectivity index (χ0v) is 16.8. The molecule has 0 aromatic heterocycles. The lowest BCUT2D eigenvalue weighted by Gasteiger charge is -2.57. The number of carbonyl (C=O) groups is 1. The van der Waals surface area contributed by atoms with E-state index < -0.39 is 5.54 Å². The largest absolute Gasteiger partial charge is 0.378 e. The van der Waals surface area contributed by atoms with Gasteiger partial charge in [0.05, 0.1) is 6.10 Å². The summed E-state index contributed by atoms with van der Waals surface area (Å²) in [5.74, 6) is -0.0385. The third kappa shape index (κ3) is 3.85. The minimum atomic E-state index is -0.833. The van der Waals surface area contributed by atoms with Crippen LogP contribution in [0.15, 0.2) is 35.2 Å². The smallest absolute Gasteiger partial charge is 0.240 e. The van der Waals surface area contributed by atoms with Gasteiger partial charge in [-0.2, -0.15) is 0 Å². The topological polar surface area (TPSA) is 64.3 Å². The van der Waals surface area contributed by atoms with Crippen LogP contribution in [-0.4, -0.2) is 35.4 Å². The minimum Gasteiger partial charge on any atom is -0.378 e. The number of benzene rings is 1. The molecule has 3 N–H and O–H groups in total. The van der Waals surface area contributed by atoms with Crippen LogP contribution in [0.5, 0.6) is 0 Å². The molecule has 1 aromatic carbocycles. The Bertz CT molecular complexity index is 607. The molecule has 4 nitrogen and oxygen atoms in total. The van der Waals surface area contributed by atoms with Crippen LogP contribution in [-0.2, 0) is 9.53 Å². The lowest BCUT2D eigenvalue weighted by Crippen LogP contribution is -2.76. The van der Waals surface area contributed by atoms with Crippen molar-refractivity contribution in [2.45, 2.75) is 61.3 Å². The maximum atomic E-state index is 12.7. The summed E-state index contributed by atoms with van der Waals surface area (Å²) in [6, 6.07) is 10.4. The number of hydrogen-bond acceptors (Lipinski definition) is 4. The Morgan fingerprint density at radius 2 is 1.96 bits per heavy atom. The van der Waals surface area contributed by atoms with Crippen molar-refractivity contribution in [1.29, 1.82) is 0 Å². The van der Waals surface area contributed by atoms with Gasteiger partial charge in [0.15, 0.2) is 0 Å². The van der Waals surface area contributed by atoms with E-state index in [1.54, 1.807) is 0 Å². The Labute approximate surface area is 161 Å². The van der Waals surface area contributed by atoms with Gasteiger partial charge in [-0.25, -0.2) is 0 Å². The Morgan fingerprint density at radius 1 is 1.32 bits per heavy atom. The molecule has 2 aliphatic carbocycles. The normalized spacial score (nSPS) is 28.4. The van der Waals surface area contributed by atoms with Crippen molar-refractivity contribution in [3.8, 4) is 0 Å². The van der Waals surface area contributed by atoms with Crippen LogP contribution < -0.4 is 11.1 Å². The van der Waals surface area contributed by atoms with Gasteiger partial charge in [0, 0.05) is 34.6 Å². The summed E-state index contributed by atoms with van der Waals surface area (Å²) in [5.41, 5.74) is 5.28. The molecule has 0 saturated heterocycles. The number of carbonyl (C=O) groups excluding carboxylic acids is 1. The highest BCUT2D eigenvalue weighted by Crippen LogP contribution is 2.52. The highest BCUT2D eigenvalue weighted by atomic mass is 35.5. The number of ether oxygens (including phenoxy) is 1. The Morgan fingerprint density at radius 3 is 2.48 bits per heavy atom. The van der Waals surface area contributed by atoms with Crippen molar-refractivity contribution in [2.24, 2.45) is 11.1 Å². The molecular weight excluding hydrogens is 356 g/mol. The summed E-state index contributed by atoms with van der Waals surface area (Å²) in [6.45, 7) is 7.37. The lowest BCUT2D eigenvalue weighted by atomic mass is 9.54. The molecule has 2 aliphatic rings. The van der Waals surface area contributed by atoms with E-state index in [-0.39, 0.29) is 34.6 Å². The summed E-state index contributed by atoms with van der Waals surface area (Å²) in [7, 11) is 0. The zero-order valence-electron chi connectivity index (χ0n) is 15.2. The molecule has 0 radical (unpaired) electrons. The van der Waals surface area contributed by atoms with E-state index in [2.05, 4.69) is 29.6 Å². The van der Waals surface area contributed by atoms with E-state index in [9.17, 15) is 4.79 Å². The highest BCUT2D eigenvalue weighted by molar-refractivity contribution is 8.01. The number of nitrogens with two attached hydrogens (primary N) is 1. The SMILES string of the molecule is CCOC1CC(N)(C(=O)NCC2(Sc3ccccc3)CC2)C1(C)C.Cl. The number of thioether (sulfide) groups is 1. The van der Waals surface area contributed by atoms with Crippen molar-refractivity contribution in [3.63, 3.8) is 0 Å². The first kappa shape index (κ1) is 20.6. The second-order valence-corrected chi connectivity index (χ2v) is 9.16. The van der Waals surface area contributed by atoms with Crippen molar-refractivity contribution in [2.75, 3.05) is 13.2 Å². The van der Waals surface area contributed by atoms with Crippen molar-refractivity contribution in [3.05, 3.63) is 30.3 Å². The number of rotatable bonds is 7. The third-order valence-electron chi connectivity index (χ3n) is 5.69. The summed E-state index contributed by atoms with van der Waals surface area (Å²) in [5, 5.41) is 3.13. The molecule has 6 heteroatoms. The number of nitrogens with one attached hydrogen (secondary N) is 1. The van der Waals surface area contributed by atoms with E-state index in [0.29, 0.717) is 19.6 Å². The summed E-state index contributed by atoms with van der Waals surface area (Å²) < 4.78 is 5.85. The van der Waals surface area contributed by atoms with E-state index in [4.69, 9.17) is 10.5 Å². The molecular formula is C19H29ClN2O2S. The Balaban J connectivity index is 0.00000225. The average molecular weight is 385 g/mol. The van der Waals surface area contributed by atoms with Crippen LogP contribution in [0.4, 0.5) is 0 Å². The molecule has 0 bridgehead atoms. The standard InChI is InChI=1S/C19H28N2O2S.ClH/c1-4-23-15-12-19(20,17(15,2)3)16(22)21-13-18(10-11-18)24-14-8-6-5-7-9-14;/h5-9,15H,4,10-13,20H2,1-3H3,(H,21,22);1H. The van der Waals surface area contributed by atoms with Gasteiger partial charge in [-0.3, -0.25) is 4.79 Å². The molecule has 0 aliphatic heterocycles. The van der Waals surface area contributed by atoms with Crippen LogP contribution in [0.25, 0.3) is 0 Å². The number of halogens is 1. The lowest BCUT2D eigenvalue weighted by molar-refractivity contribution is -0.170. The molecule has 25 heavy (non-hydrogen) atoms. The van der Waals surface area contributed by atoms with E-state index in [0.717, 1.165) is 12.8 Å². The molecule has 2 fully saturated rings. The van der Waals surface area contributed by atoms with Crippen molar-refractivity contribution >= 4 is 30.1 Å². The molecule has 1 amide bonds. The highest BCUT2D eigenvalue weighted by Gasteiger charge is 2.63. The first-order valence-electron chi connectivity index (χ1n) is 8.76. The predicted octanol–water partition coefficient (Wildman–Crippen LogP) is 3.38. The number of amides is 1. The maximum absolute atomic E-state index is 12.7. The predicted molar refractivity (Wildman–Crippen MR) is 105 cm³/mol. The van der Waals surface area contributed by atoms with E-state index in [1.807, 2.05) is 38.6 Å². The van der Waals surface area contributed by atoms with Gasteiger partial charge in [-0.15, -0.1) is 24.2 Å². The van der Waals surface area contributed by atoms with Crippen molar-refractivity contribution < 1.29 is 9.53 Å². The van der Waals surface area contributed by atoms with Gasteiger partial charge in [0.25, 0.3) is 0 Å². The molecule has 1 aromatic rings. The quantitative estimate of drug-likeness (QED) is 0.756. The molecule has 2 atom stereocenters. The number of hydrogen-bond donors (Lipinski definition) is 2. The van der Waals surface area contributed by atoms with Crippen LogP contribution in [0.1, 0.15) is 40.0 Å². The second kappa shape index (κ2) is 7.47. The van der Waals surface area contributed by atoms with Gasteiger partial charge < -0.3 is 15.8 Å². The molecule has 0 heterocycles. The Kier molecular flexibility index (Phi) is 6.14. The van der Waals surface area contributed by atoms with Crippen LogP contribution in [0.2, 0.25) is 0 Å². The molecule has 0 spiro atoms. The van der Waals surface area contributed by atoms with Crippen LogP contribution >= 0.6 is 24.2 Å². The molecule has 3 rings (SSSR count).